The Morgan fingerprint density at radius 1 is 1.09 bits per heavy atom. The molecule has 1 saturated heterocycles. The Labute approximate surface area is 197 Å². The maximum absolute atomic E-state index is 13.3. The number of aromatic nitrogens is 1. The second-order valence-electron chi connectivity index (χ2n) is 7.65. The highest BCUT2D eigenvalue weighted by Gasteiger charge is 2.40. The smallest absolute Gasteiger partial charge is 0.348 e. The lowest BCUT2D eigenvalue weighted by atomic mass is 10.1. The van der Waals surface area contributed by atoms with E-state index in [2.05, 4.69) is 20.9 Å². The molecule has 0 amide bonds. The van der Waals surface area contributed by atoms with Crippen molar-refractivity contribution in [3.05, 3.63) is 75.2 Å². The molecule has 10 heteroatoms. The Balaban J connectivity index is 1.44. The monoisotopic (exact) mass is 544 g/mol. The van der Waals surface area contributed by atoms with Crippen LogP contribution in [-0.4, -0.2) is 31.7 Å². The number of rotatable bonds is 5. The van der Waals surface area contributed by atoms with Gasteiger partial charge in [-0.1, -0.05) is 40.2 Å². The molecule has 0 atom stereocenters. The predicted molar refractivity (Wildman–Crippen MR) is 123 cm³/mol. The van der Waals surface area contributed by atoms with Crippen molar-refractivity contribution in [2.75, 3.05) is 18.0 Å². The molecule has 4 nitrogen and oxygen atoms in total. The van der Waals surface area contributed by atoms with Gasteiger partial charge in [0.15, 0.2) is 15.0 Å². The molecule has 1 aliphatic heterocycles. The van der Waals surface area contributed by atoms with Crippen LogP contribution < -0.4 is 4.90 Å². The van der Waals surface area contributed by atoms with Gasteiger partial charge in [0.1, 0.15) is 0 Å². The van der Waals surface area contributed by atoms with Gasteiger partial charge in [-0.05, 0) is 42.7 Å². The fraction of sp³-hybridized carbons (Fsp3) is 0.318. The lowest BCUT2D eigenvalue weighted by Crippen LogP contribution is -2.39. The number of hydrogen-bond acceptors (Lipinski definition) is 5. The maximum atomic E-state index is 13.3. The van der Waals surface area contributed by atoms with Crippen LogP contribution in [0.3, 0.4) is 0 Å². The Morgan fingerprint density at radius 2 is 1.81 bits per heavy atom. The number of anilines is 1. The molecule has 3 aromatic rings. The van der Waals surface area contributed by atoms with Gasteiger partial charge in [-0.25, -0.2) is 13.4 Å². The first-order chi connectivity index (χ1) is 15.1. The first-order valence-electron chi connectivity index (χ1n) is 9.98. The van der Waals surface area contributed by atoms with E-state index >= 15 is 0 Å². The second kappa shape index (κ2) is 9.15. The first kappa shape index (κ1) is 23.3. The van der Waals surface area contributed by atoms with E-state index in [1.165, 1.54) is 23.5 Å². The fourth-order valence-electron chi connectivity index (χ4n) is 3.86. The summed E-state index contributed by atoms with van der Waals surface area (Å²) in [7, 11) is -4.09. The normalized spacial score (nSPS) is 15.8. The van der Waals surface area contributed by atoms with Gasteiger partial charge < -0.3 is 4.90 Å². The third-order valence-electron chi connectivity index (χ3n) is 5.46. The highest BCUT2D eigenvalue weighted by Crippen LogP contribution is 2.37. The van der Waals surface area contributed by atoms with E-state index in [0.717, 1.165) is 33.0 Å². The van der Waals surface area contributed by atoms with Crippen molar-refractivity contribution in [2.45, 2.75) is 35.6 Å². The molecule has 2 heterocycles. The SMILES string of the molecule is O=S(=O)(c1ccccc1C(F)(F)F)C1CCN(c2nc(Cc3cccc(Br)c3)cs2)CC1. The average molecular weight is 545 g/mol. The molecule has 32 heavy (non-hydrogen) atoms. The van der Waals surface area contributed by atoms with Crippen LogP contribution in [0, 0.1) is 0 Å². The van der Waals surface area contributed by atoms with Crippen molar-refractivity contribution in [3.8, 4) is 0 Å². The minimum absolute atomic E-state index is 0.259. The van der Waals surface area contributed by atoms with E-state index in [4.69, 9.17) is 0 Å². The summed E-state index contributed by atoms with van der Waals surface area (Å²) in [4.78, 5) is 6.06. The molecule has 0 bridgehead atoms. The third-order valence-corrected chi connectivity index (χ3v) is 9.23. The Hall–Kier alpha value is -1.91. The Bertz CT molecular complexity index is 1200. The van der Waals surface area contributed by atoms with Crippen molar-refractivity contribution in [1.29, 1.82) is 0 Å². The molecule has 170 valence electrons. The van der Waals surface area contributed by atoms with Crippen LogP contribution in [0.4, 0.5) is 18.3 Å². The van der Waals surface area contributed by atoms with E-state index < -0.39 is 31.7 Å². The summed E-state index contributed by atoms with van der Waals surface area (Å²) in [5.74, 6) is 0. The Kier molecular flexibility index (Phi) is 6.65. The summed E-state index contributed by atoms with van der Waals surface area (Å²) in [5, 5.41) is 1.95. The summed E-state index contributed by atoms with van der Waals surface area (Å²) in [5.41, 5.74) is 0.959. The van der Waals surface area contributed by atoms with Crippen LogP contribution in [-0.2, 0) is 22.4 Å². The molecule has 1 aliphatic rings. The van der Waals surface area contributed by atoms with Crippen molar-refractivity contribution in [2.24, 2.45) is 0 Å². The van der Waals surface area contributed by atoms with Crippen molar-refractivity contribution in [1.82, 2.24) is 4.98 Å². The van der Waals surface area contributed by atoms with Crippen LogP contribution >= 0.6 is 27.3 Å². The maximum Gasteiger partial charge on any atom is 0.417 e. The molecule has 0 N–H and O–H groups in total. The largest absolute Gasteiger partial charge is 0.417 e. The third kappa shape index (κ3) is 5.02. The number of hydrogen-bond donors (Lipinski definition) is 0. The van der Waals surface area contributed by atoms with Crippen molar-refractivity contribution in [3.63, 3.8) is 0 Å². The van der Waals surface area contributed by atoms with Crippen LogP contribution in [0.5, 0.6) is 0 Å². The van der Waals surface area contributed by atoms with Gasteiger partial charge in [0.25, 0.3) is 0 Å². The minimum atomic E-state index is -4.71. The van der Waals surface area contributed by atoms with Gasteiger partial charge in [-0.3, -0.25) is 0 Å². The van der Waals surface area contributed by atoms with Crippen LogP contribution in [0.1, 0.15) is 29.7 Å². The lowest BCUT2D eigenvalue weighted by Gasteiger charge is -2.31. The molecular formula is C22H20BrF3N2O2S2. The zero-order chi connectivity index (χ0) is 22.9. The highest BCUT2D eigenvalue weighted by molar-refractivity contribution is 9.10. The highest BCUT2D eigenvalue weighted by atomic mass is 79.9. The summed E-state index contributed by atoms with van der Waals surface area (Å²) in [6.45, 7) is 0.865. The van der Waals surface area contributed by atoms with Gasteiger partial charge in [0, 0.05) is 29.4 Å². The molecule has 2 aromatic carbocycles. The summed E-state index contributed by atoms with van der Waals surface area (Å²) in [6.07, 6.45) is -3.50. The lowest BCUT2D eigenvalue weighted by molar-refractivity contribution is -0.139. The average Bonchev–Trinajstić information content (AvgIpc) is 3.22. The predicted octanol–water partition coefficient (Wildman–Crippen LogP) is 5.96. The quantitative estimate of drug-likeness (QED) is 0.397. The molecule has 4 rings (SSSR count). The van der Waals surface area contributed by atoms with Crippen molar-refractivity contribution >= 4 is 42.2 Å². The summed E-state index contributed by atoms with van der Waals surface area (Å²) in [6, 6.07) is 12.4. The van der Waals surface area contributed by atoms with E-state index in [-0.39, 0.29) is 12.8 Å². The summed E-state index contributed by atoms with van der Waals surface area (Å²) >= 11 is 4.95. The minimum Gasteiger partial charge on any atom is -0.348 e. The van der Waals surface area contributed by atoms with Gasteiger partial charge in [-0.2, -0.15) is 13.2 Å². The zero-order valence-corrected chi connectivity index (χ0v) is 20.1. The number of piperidine rings is 1. The molecular weight excluding hydrogens is 525 g/mol. The zero-order valence-electron chi connectivity index (χ0n) is 16.8. The van der Waals surface area contributed by atoms with Crippen molar-refractivity contribution < 1.29 is 21.6 Å². The molecule has 1 fully saturated rings. The van der Waals surface area contributed by atoms with Crippen LogP contribution in [0.25, 0.3) is 0 Å². The second-order valence-corrected chi connectivity index (χ2v) is 11.6. The van der Waals surface area contributed by atoms with Gasteiger partial charge >= 0.3 is 6.18 Å². The number of alkyl halides is 3. The molecule has 0 spiro atoms. The number of sulfone groups is 1. The van der Waals surface area contributed by atoms with Crippen LogP contribution in [0.2, 0.25) is 0 Å². The summed E-state index contributed by atoms with van der Waals surface area (Å²) < 4.78 is 67.0. The van der Waals surface area contributed by atoms with E-state index in [1.54, 1.807) is 0 Å². The topological polar surface area (TPSA) is 50.3 Å². The van der Waals surface area contributed by atoms with E-state index in [1.807, 2.05) is 34.5 Å². The number of halogens is 4. The molecule has 1 aromatic heterocycles. The molecule has 0 aliphatic carbocycles. The van der Waals surface area contributed by atoms with Gasteiger partial charge in [-0.15, -0.1) is 11.3 Å². The number of benzene rings is 2. The molecule has 0 saturated carbocycles. The number of thiazole rings is 1. The van der Waals surface area contributed by atoms with E-state index in [9.17, 15) is 21.6 Å². The molecule has 0 radical (unpaired) electrons. The first-order valence-corrected chi connectivity index (χ1v) is 13.2. The van der Waals surface area contributed by atoms with E-state index in [0.29, 0.717) is 19.5 Å². The van der Waals surface area contributed by atoms with Gasteiger partial charge in [0.05, 0.1) is 21.4 Å². The Morgan fingerprint density at radius 3 is 2.50 bits per heavy atom. The number of nitrogens with zero attached hydrogens (tertiary/aromatic N) is 2. The molecule has 0 unspecified atom stereocenters. The standard InChI is InChI=1S/C22H20BrF3N2O2S2/c23-16-5-3-4-15(12-16)13-17-14-31-21(27-17)28-10-8-18(9-11-28)32(29,30)20-7-2-1-6-19(20)22(24,25)26/h1-7,12,14,18H,8-11,13H2. The van der Waals surface area contributed by atoms with Crippen LogP contribution in [0.15, 0.2) is 63.3 Å². The fourth-order valence-corrected chi connectivity index (χ4v) is 7.14. The van der Waals surface area contributed by atoms with Gasteiger partial charge in [0.2, 0.25) is 0 Å².